The molecule has 1 fully saturated rings. The number of hydrogen-bond acceptors (Lipinski definition) is 3. The Morgan fingerprint density at radius 1 is 1.29 bits per heavy atom. The Hall–Kier alpha value is -1.45. The second-order valence-corrected chi connectivity index (χ2v) is 5.92. The van der Waals surface area contributed by atoms with Crippen LogP contribution < -0.4 is 5.32 Å². The molecule has 3 nitrogen and oxygen atoms in total. The highest BCUT2D eigenvalue weighted by Crippen LogP contribution is 2.42. The average Bonchev–Trinajstić information content (AvgIpc) is 3.02. The van der Waals surface area contributed by atoms with Crippen LogP contribution in [0.25, 0.3) is 10.9 Å². The molecule has 2 aromatic rings. The summed E-state index contributed by atoms with van der Waals surface area (Å²) in [7, 11) is 1.86. The van der Waals surface area contributed by atoms with Crippen LogP contribution in [0.4, 0.5) is 0 Å². The number of benzene rings is 1. The van der Waals surface area contributed by atoms with Crippen molar-refractivity contribution in [2.24, 2.45) is 0 Å². The fraction of sp³-hybridized carbons (Fsp3) is 0.500. The van der Waals surface area contributed by atoms with Crippen molar-refractivity contribution in [2.45, 2.75) is 44.2 Å². The van der Waals surface area contributed by atoms with Crippen molar-refractivity contribution in [3.63, 3.8) is 0 Å². The second kappa shape index (κ2) is 6.12. The van der Waals surface area contributed by atoms with Gasteiger partial charge in [0.1, 0.15) is 0 Å². The largest absolute Gasteiger partial charge is 0.376 e. The minimum Gasteiger partial charge on any atom is -0.376 e. The maximum absolute atomic E-state index is 6.00. The molecular weight excluding hydrogens is 260 g/mol. The highest BCUT2D eigenvalue weighted by molar-refractivity contribution is 5.79. The molecule has 1 aliphatic carbocycles. The molecule has 1 aromatic heterocycles. The van der Waals surface area contributed by atoms with Gasteiger partial charge in [-0.15, -0.1) is 0 Å². The van der Waals surface area contributed by atoms with E-state index in [0.717, 1.165) is 24.9 Å². The molecule has 0 saturated heterocycles. The van der Waals surface area contributed by atoms with E-state index in [1.807, 2.05) is 19.4 Å². The van der Waals surface area contributed by atoms with Gasteiger partial charge in [0, 0.05) is 18.7 Å². The maximum Gasteiger partial charge on any atom is 0.0872 e. The van der Waals surface area contributed by atoms with Gasteiger partial charge in [0.2, 0.25) is 0 Å². The summed E-state index contributed by atoms with van der Waals surface area (Å²) in [6.07, 6.45) is 6.61. The number of methoxy groups -OCH3 is 1. The lowest BCUT2D eigenvalue weighted by Crippen LogP contribution is -2.43. The molecule has 1 heterocycles. The SMILES string of the molecule is CCNC(c1ccc2cccnc2c1)C1(OC)CCCC1. The van der Waals surface area contributed by atoms with E-state index in [-0.39, 0.29) is 11.6 Å². The van der Waals surface area contributed by atoms with Gasteiger partial charge in [-0.3, -0.25) is 4.98 Å². The van der Waals surface area contributed by atoms with Gasteiger partial charge in [0.25, 0.3) is 0 Å². The minimum atomic E-state index is -0.0710. The summed E-state index contributed by atoms with van der Waals surface area (Å²) < 4.78 is 6.00. The van der Waals surface area contributed by atoms with Gasteiger partial charge >= 0.3 is 0 Å². The topological polar surface area (TPSA) is 34.2 Å². The fourth-order valence-corrected chi connectivity index (χ4v) is 3.66. The van der Waals surface area contributed by atoms with Gasteiger partial charge in [0.15, 0.2) is 0 Å². The lowest BCUT2D eigenvalue weighted by atomic mass is 9.86. The number of ether oxygens (including phenoxy) is 1. The smallest absolute Gasteiger partial charge is 0.0872 e. The number of rotatable bonds is 5. The molecule has 1 unspecified atom stereocenters. The number of fused-ring (bicyclic) bond motifs is 1. The molecule has 0 spiro atoms. The first-order valence-electron chi connectivity index (χ1n) is 7.92. The molecule has 3 heteroatoms. The number of aromatic nitrogens is 1. The molecule has 21 heavy (non-hydrogen) atoms. The van der Waals surface area contributed by atoms with E-state index in [0.29, 0.717) is 0 Å². The molecule has 3 rings (SSSR count). The van der Waals surface area contributed by atoms with E-state index in [1.54, 1.807) is 0 Å². The number of nitrogens with zero attached hydrogens (tertiary/aromatic N) is 1. The summed E-state index contributed by atoms with van der Waals surface area (Å²) in [5, 5.41) is 4.83. The van der Waals surface area contributed by atoms with Crippen molar-refractivity contribution in [3.05, 3.63) is 42.1 Å². The third-order valence-electron chi connectivity index (χ3n) is 4.75. The van der Waals surface area contributed by atoms with Crippen molar-refractivity contribution in [1.82, 2.24) is 10.3 Å². The Morgan fingerprint density at radius 3 is 2.81 bits per heavy atom. The van der Waals surface area contributed by atoms with E-state index >= 15 is 0 Å². The monoisotopic (exact) mass is 284 g/mol. The van der Waals surface area contributed by atoms with Crippen molar-refractivity contribution in [1.29, 1.82) is 0 Å². The standard InChI is InChI=1S/C18H24N2O/c1-3-19-17(18(21-2)10-4-5-11-18)15-9-8-14-7-6-12-20-16(14)13-15/h6-9,12-13,17,19H,3-5,10-11H2,1-2H3. The first kappa shape index (κ1) is 14.5. The molecule has 1 atom stereocenters. The fourth-order valence-electron chi connectivity index (χ4n) is 3.66. The average molecular weight is 284 g/mol. The van der Waals surface area contributed by atoms with Crippen LogP contribution in [0.15, 0.2) is 36.5 Å². The van der Waals surface area contributed by atoms with Crippen LogP contribution >= 0.6 is 0 Å². The quantitative estimate of drug-likeness (QED) is 0.905. The zero-order chi connectivity index (χ0) is 14.7. The number of nitrogens with one attached hydrogen (secondary N) is 1. The number of pyridine rings is 1. The number of hydrogen-bond donors (Lipinski definition) is 1. The first-order valence-corrected chi connectivity index (χ1v) is 7.92. The third kappa shape index (κ3) is 2.68. The summed E-state index contributed by atoms with van der Waals surface area (Å²) in [6.45, 7) is 3.10. The van der Waals surface area contributed by atoms with Crippen LogP contribution in [0.5, 0.6) is 0 Å². The molecule has 0 bridgehead atoms. The number of likely N-dealkylation sites (N-methyl/N-ethyl adjacent to an activating group) is 1. The second-order valence-electron chi connectivity index (χ2n) is 5.92. The first-order chi connectivity index (χ1) is 10.3. The Morgan fingerprint density at radius 2 is 2.10 bits per heavy atom. The predicted octanol–water partition coefficient (Wildman–Crippen LogP) is 3.84. The molecule has 0 aliphatic heterocycles. The van der Waals surface area contributed by atoms with Crippen molar-refractivity contribution in [3.8, 4) is 0 Å². The van der Waals surface area contributed by atoms with Crippen LogP contribution in [0.3, 0.4) is 0 Å². The van der Waals surface area contributed by atoms with Crippen LogP contribution in [-0.4, -0.2) is 24.2 Å². The highest BCUT2D eigenvalue weighted by Gasteiger charge is 2.42. The van der Waals surface area contributed by atoms with E-state index in [9.17, 15) is 0 Å². The Balaban J connectivity index is 2.02. The van der Waals surface area contributed by atoms with Gasteiger partial charge in [-0.2, -0.15) is 0 Å². The van der Waals surface area contributed by atoms with Crippen LogP contribution in [0.1, 0.15) is 44.2 Å². The lowest BCUT2D eigenvalue weighted by molar-refractivity contribution is -0.0363. The Bertz CT molecular complexity index is 605. The van der Waals surface area contributed by atoms with Crippen molar-refractivity contribution < 1.29 is 4.74 Å². The summed E-state index contributed by atoms with van der Waals surface area (Å²) in [4.78, 5) is 4.49. The Kier molecular flexibility index (Phi) is 4.22. The molecular formula is C18H24N2O. The van der Waals surface area contributed by atoms with E-state index in [1.165, 1.54) is 23.8 Å². The molecule has 1 aromatic carbocycles. The van der Waals surface area contributed by atoms with Gasteiger partial charge in [-0.1, -0.05) is 38.0 Å². The minimum absolute atomic E-state index is 0.0710. The van der Waals surface area contributed by atoms with E-state index in [2.05, 4.69) is 41.5 Å². The molecule has 0 amide bonds. The third-order valence-corrected chi connectivity index (χ3v) is 4.75. The molecule has 0 radical (unpaired) electrons. The normalized spacial score (nSPS) is 19.0. The zero-order valence-corrected chi connectivity index (χ0v) is 12.9. The summed E-state index contributed by atoms with van der Waals surface area (Å²) in [6, 6.07) is 10.9. The van der Waals surface area contributed by atoms with Crippen LogP contribution in [0, 0.1) is 0 Å². The molecule has 1 aliphatic rings. The van der Waals surface area contributed by atoms with Crippen LogP contribution in [0.2, 0.25) is 0 Å². The predicted molar refractivity (Wildman–Crippen MR) is 86.4 cm³/mol. The van der Waals surface area contributed by atoms with Gasteiger partial charge in [0.05, 0.1) is 17.2 Å². The van der Waals surface area contributed by atoms with Gasteiger partial charge in [-0.05, 0) is 37.1 Å². The molecule has 112 valence electrons. The van der Waals surface area contributed by atoms with E-state index in [4.69, 9.17) is 4.74 Å². The van der Waals surface area contributed by atoms with Gasteiger partial charge < -0.3 is 10.1 Å². The van der Waals surface area contributed by atoms with Crippen molar-refractivity contribution >= 4 is 10.9 Å². The maximum atomic E-state index is 6.00. The lowest BCUT2D eigenvalue weighted by Gasteiger charge is -2.37. The Labute approximate surface area is 126 Å². The highest BCUT2D eigenvalue weighted by atomic mass is 16.5. The summed E-state index contributed by atoms with van der Waals surface area (Å²) in [5.41, 5.74) is 2.27. The summed E-state index contributed by atoms with van der Waals surface area (Å²) >= 11 is 0. The van der Waals surface area contributed by atoms with Gasteiger partial charge in [-0.25, -0.2) is 0 Å². The van der Waals surface area contributed by atoms with Crippen LogP contribution in [-0.2, 0) is 4.74 Å². The van der Waals surface area contributed by atoms with Crippen molar-refractivity contribution in [2.75, 3.05) is 13.7 Å². The summed E-state index contributed by atoms with van der Waals surface area (Å²) in [5.74, 6) is 0. The van der Waals surface area contributed by atoms with E-state index < -0.39 is 0 Å². The molecule has 1 saturated carbocycles. The zero-order valence-electron chi connectivity index (χ0n) is 12.9. The molecule has 1 N–H and O–H groups in total.